The molecule has 4 aromatic heterocycles. The topological polar surface area (TPSA) is 27.9 Å². The van der Waals surface area contributed by atoms with Crippen molar-refractivity contribution in [3.8, 4) is 50.4 Å². The first-order valence-electron chi connectivity index (χ1n) is 25.3. The summed E-state index contributed by atoms with van der Waals surface area (Å²) in [5.74, 6) is 0. The zero-order valence-corrected chi connectivity index (χ0v) is 40.3. The number of fused-ring (bicyclic) bond motifs is 15. The van der Waals surface area contributed by atoms with Crippen LogP contribution >= 0.6 is 0 Å². The van der Waals surface area contributed by atoms with Gasteiger partial charge in [0.1, 0.15) is 11.2 Å². The van der Waals surface area contributed by atoms with E-state index in [0.717, 1.165) is 44.3 Å². The van der Waals surface area contributed by atoms with E-state index in [9.17, 15) is 0 Å². The SMILES string of the molecule is CC1(C)c2ccccc2-c2ccc(-n3c4ccccc4c4cc(-c5ccc6c(c5)c5cc(-c7ccc8c(c7)c7ccccc7n8-c7ccccc7)ccc5n6-c5ccc6oc7ccccc7c6c5)ccc43)cc21. The number of hydrogen-bond donors (Lipinski definition) is 0. The molecule has 1 aliphatic rings. The largest absolute Gasteiger partial charge is 0.456 e. The van der Waals surface area contributed by atoms with Gasteiger partial charge < -0.3 is 18.1 Å². The number of benzene rings is 11. The van der Waals surface area contributed by atoms with Crippen molar-refractivity contribution in [2.45, 2.75) is 19.3 Å². The van der Waals surface area contributed by atoms with Gasteiger partial charge in [-0.3, -0.25) is 0 Å². The van der Waals surface area contributed by atoms with E-state index >= 15 is 0 Å². The maximum atomic E-state index is 6.32. The molecule has 4 nitrogen and oxygen atoms in total. The molecule has 342 valence electrons. The molecular formula is C69H45N3O. The van der Waals surface area contributed by atoms with Crippen LogP contribution in [0.15, 0.2) is 241 Å². The highest BCUT2D eigenvalue weighted by Crippen LogP contribution is 2.50. The molecule has 15 aromatic rings. The summed E-state index contributed by atoms with van der Waals surface area (Å²) >= 11 is 0. The Morgan fingerprint density at radius 3 is 1.30 bits per heavy atom. The summed E-state index contributed by atoms with van der Waals surface area (Å²) in [5, 5.41) is 9.62. The van der Waals surface area contributed by atoms with Gasteiger partial charge in [-0.25, -0.2) is 0 Å². The predicted octanol–water partition coefficient (Wildman–Crippen LogP) is 18.5. The molecule has 16 rings (SSSR count). The van der Waals surface area contributed by atoms with Gasteiger partial charge in [0, 0.05) is 65.6 Å². The summed E-state index contributed by atoms with van der Waals surface area (Å²) in [4.78, 5) is 0. The average molecular weight is 932 g/mol. The maximum Gasteiger partial charge on any atom is 0.135 e. The van der Waals surface area contributed by atoms with Crippen molar-refractivity contribution in [2.24, 2.45) is 0 Å². The van der Waals surface area contributed by atoms with Gasteiger partial charge in [0.2, 0.25) is 0 Å². The lowest BCUT2D eigenvalue weighted by atomic mass is 9.82. The lowest BCUT2D eigenvalue weighted by Crippen LogP contribution is -2.15. The third-order valence-corrected chi connectivity index (χ3v) is 16.2. The zero-order valence-electron chi connectivity index (χ0n) is 40.3. The minimum Gasteiger partial charge on any atom is -0.456 e. The summed E-state index contributed by atoms with van der Waals surface area (Å²) in [5.41, 5.74) is 22.4. The summed E-state index contributed by atoms with van der Waals surface area (Å²) in [6.45, 7) is 4.72. The second kappa shape index (κ2) is 14.8. The first-order valence-corrected chi connectivity index (χ1v) is 25.3. The van der Waals surface area contributed by atoms with E-state index in [1.54, 1.807) is 0 Å². The van der Waals surface area contributed by atoms with Crippen molar-refractivity contribution >= 4 is 87.4 Å². The Kier molecular flexibility index (Phi) is 8.20. The minimum absolute atomic E-state index is 0.0887. The van der Waals surface area contributed by atoms with Gasteiger partial charge >= 0.3 is 0 Å². The van der Waals surface area contributed by atoms with E-state index < -0.39 is 0 Å². The fraction of sp³-hybridized carbons (Fsp3) is 0.0435. The Hall–Kier alpha value is -9.38. The second-order valence-electron chi connectivity index (χ2n) is 20.5. The fourth-order valence-corrected chi connectivity index (χ4v) is 12.8. The number of furan rings is 1. The van der Waals surface area contributed by atoms with Crippen LogP contribution in [0.3, 0.4) is 0 Å². The van der Waals surface area contributed by atoms with Crippen molar-refractivity contribution in [1.29, 1.82) is 0 Å². The molecule has 4 heteroatoms. The van der Waals surface area contributed by atoms with Crippen LogP contribution in [0, 0.1) is 0 Å². The van der Waals surface area contributed by atoms with Crippen LogP contribution in [-0.4, -0.2) is 13.7 Å². The van der Waals surface area contributed by atoms with E-state index in [0.29, 0.717) is 0 Å². The molecular weight excluding hydrogens is 887 g/mol. The van der Waals surface area contributed by atoms with Crippen molar-refractivity contribution in [2.75, 3.05) is 0 Å². The molecule has 0 fully saturated rings. The maximum absolute atomic E-state index is 6.32. The quantitative estimate of drug-likeness (QED) is 0.169. The van der Waals surface area contributed by atoms with E-state index in [1.807, 2.05) is 6.07 Å². The third kappa shape index (κ3) is 5.72. The summed E-state index contributed by atoms with van der Waals surface area (Å²) < 4.78 is 13.6. The van der Waals surface area contributed by atoms with Crippen LogP contribution in [-0.2, 0) is 5.41 Å². The minimum atomic E-state index is -0.0887. The molecule has 0 bridgehead atoms. The van der Waals surface area contributed by atoms with Crippen LogP contribution < -0.4 is 0 Å². The molecule has 0 spiro atoms. The Morgan fingerprint density at radius 1 is 0.274 bits per heavy atom. The summed E-state index contributed by atoms with van der Waals surface area (Å²) in [6, 6.07) is 87.4. The second-order valence-corrected chi connectivity index (χ2v) is 20.5. The summed E-state index contributed by atoms with van der Waals surface area (Å²) in [6.07, 6.45) is 0. The van der Waals surface area contributed by atoms with Gasteiger partial charge in [0.25, 0.3) is 0 Å². The fourth-order valence-electron chi connectivity index (χ4n) is 12.8. The van der Waals surface area contributed by atoms with Crippen LogP contribution in [0.25, 0.3) is 138 Å². The Morgan fingerprint density at radius 2 is 0.699 bits per heavy atom. The van der Waals surface area contributed by atoms with Gasteiger partial charge in [-0.2, -0.15) is 0 Å². The lowest BCUT2D eigenvalue weighted by Gasteiger charge is -2.22. The van der Waals surface area contributed by atoms with Crippen molar-refractivity contribution in [3.63, 3.8) is 0 Å². The molecule has 0 saturated carbocycles. The van der Waals surface area contributed by atoms with E-state index in [2.05, 4.69) is 258 Å². The normalized spacial score (nSPS) is 13.2. The van der Waals surface area contributed by atoms with Gasteiger partial charge in [0.05, 0.1) is 33.1 Å². The molecule has 0 aliphatic heterocycles. The van der Waals surface area contributed by atoms with Crippen LogP contribution in [0.5, 0.6) is 0 Å². The van der Waals surface area contributed by atoms with Crippen molar-refractivity contribution in [3.05, 3.63) is 248 Å². The first-order chi connectivity index (χ1) is 35.9. The molecule has 0 atom stereocenters. The zero-order chi connectivity index (χ0) is 48.1. The van der Waals surface area contributed by atoms with Gasteiger partial charge in [0.15, 0.2) is 0 Å². The molecule has 0 N–H and O–H groups in total. The lowest BCUT2D eigenvalue weighted by molar-refractivity contribution is 0.660. The number of para-hydroxylation sites is 4. The predicted molar refractivity (Wildman–Crippen MR) is 305 cm³/mol. The molecule has 11 aromatic carbocycles. The molecule has 4 heterocycles. The molecule has 0 amide bonds. The number of hydrogen-bond acceptors (Lipinski definition) is 1. The van der Waals surface area contributed by atoms with Gasteiger partial charge in [-0.1, -0.05) is 141 Å². The highest BCUT2D eigenvalue weighted by molar-refractivity contribution is 6.15. The van der Waals surface area contributed by atoms with Gasteiger partial charge in [-0.15, -0.1) is 0 Å². The standard InChI is InChI=1S/C69H45N3O/c1-69(2)59-20-10-6-16-49(59)50-30-28-48(41-60(50)69)72-62-22-12-8-18-52(62)55-37-43(25-32-64(55)72)45-27-34-66-57(39-45)56-38-44(26-33-65(56)71(66)47-29-35-68-58(40-47)53-19-9-13-23-67(53)73-68)42-24-31-63-54(36-42)51-17-7-11-21-61(51)70(63)46-14-4-3-5-15-46/h3-41H,1-2H3. The number of nitrogens with zero attached hydrogens (tertiary/aromatic N) is 3. The highest BCUT2D eigenvalue weighted by atomic mass is 16.3. The van der Waals surface area contributed by atoms with Crippen molar-refractivity contribution < 1.29 is 4.42 Å². The Labute approximate surface area is 420 Å². The highest BCUT2D eigenvalue weighted by Gasteiger charge is 2.35. The molecule has 0 unspecified atom stereocenters. The van der Waals surface area contributed by atoms with Crippen LogP contribution in [0.2, 0.25) is 0 Å². The van der Waals surface area contributed by atoms with Crippen LogP contribution in [0.4, 0.5) is 0 Å². The monoisotopic (exact) mass is 931 g/mol. The molecule has 73 heavy (non-hydrogen) atoms. The average Bonchev–Trinajstić information content (AvgIpc) is 4.24. The Balaban J connectivity index is 0.879. The number of rotatable bonds is 5. The summed E-state index contributed by atoms with van der Waals surface area (Å²) in [7, 11) is 0. The van der Waals surface area contributed by atoms with Crippen LogP contribution in [0.1, 0.15) is 25.0 Å². The first kappa shape index (κ1) is 40.4. The van der Waals surface area contributed by atoms with E-state index in [-0.39, 0.29) is 5.41 Å². The molecule has 0 saturated heterocycles. The van der Waals surface area contributed by atoms with Crippen molar-refractivity contribution in [1.82, 2.24) is 13.7 Å². The van der Waals surface area contributed by atoms with E-state index in [1.165, 1.54) is 105 Å². The third-order valence-electron chi connectivity index (χ3n) is 16.2. The number of aromatic nitrogens is 3. The van der Waals surface area contributed by atoms with Gasteiger partial charge in [-0.05, 0) is 154 Å². The Bertz CT molecular complexity index is 4820. The molecule has 1 aliphatic carbocycles. The molecule has 0 radical (unpaired) electrons. The van der Waals surface area contributed by atoms with E-state index in [4.69, 9.17) is 4.42 Å². The smallest absolute Gasteiger partial charge is 0.135 e.